The predicted molar refractivity (Wildman–Crippen MR) is 73.9 cm³/mol. The number of rotatable bonds is 5. The number of nitrogens with zero attached hydrogens (tertiary/aromatic N) is 2. The van der Waals surface area contributed by atoms with Crippen molar-refractivity contribution in [3.05, 3.63) is 29.0 Å². The first kappa shape index (κ1) is 14.9. The maximum atomic E-state index is 11.9. The van der Waals surface area contributed by atoms with Gasteiger partial charge in [-0.1, -0.05) is 25.4 Å². The van der Waals surface area contributed by atoms with Crippen LogP contribution in [0.1, 0.15) is 24.3 Å². The van der Waals surface area contributed by atoms with Gasteiger partial charge < -0.3 is 10.2 Å². The first-order valence-corrected chi connectivity index (χ1v) is 6.35. The molecule has 0 aliphatic carbocycles. The van der Waals surface area contributed by atoms with Crippen LogP contribution in [0.2, 0.25) is 5.02 Å². The summed E-state index contributed by atoms with van der Waals surface area (Å²) in [6, 6.07) is 3.51. The zero-order chi connectivity index (χ0) is 13.7. The van der Waals surface area contributed by atoms with Crippen LogP contribution in [0.15, 0.2) is 18.3 Å². The summed E-state index contributed by atoms with van der Waals surface area (Å²) >= 11 is 5.82. The van der Waals surface area contributed by atoms with Crippen LogP contribution in [0.4, 0.5) is 0 Å². The highest BCUT2D eigenvalue weighted by Gasteiger charge is 2.17. The lowest BCUT2D eigenvalue weighted by Gasteiger charge is -2.28. The number of pyridine rings is 1. The first-order valence-electron chi connectivity index (χ1n) is 5.98. The summed E-state index contributed by atoms with van der Waals surface area (Å²) in [6.07, 6.45) is 1.53. The van der Waals surface area contributed by atoms with Crippen LogP contribution < -0.4 is 5.32 Å². The van der Waals surface area contributed by atoms with Crippen LogP contribution in [-0.4, -0.2) is 42.5 Å². The van der Waals surface area contributed by atoms with E-state index in [0.717, 1.165) is 0 Å². The summed E-state index contributed by atoms with van der Waals surface area (Å²) in [6.45, 7) is 4.86. The Morgan fingerprint density at radius 3 is 2.67 bits per heavy atom. The molecule has 0 aromatic carbocycles. The average Bonchev–Trinajstić information content (AvgIpc) is 2.28. The van der Waals surface area contributed by atoms with E-state index in [0.29, 0.717) is 29.2 Å². The summed E-state index contributed by atoms with van der Waals surface area (Å²) in [7, 11) is 4.02. The van der Waals surface area contributed by atoms with Gasteiger partial charge in [-0.25, -0.2) is 0 Å². The zero-order valence-corrected chi connectivity index (χ0v) is 12.0. The fraction of sp³-hybridized carbons (Fsp3) is 0.538. The fourth-order valence-electron chi connectivity index (χ4n) is 1.83. The number of carbonyl (C=O) groups excluding carboxylic acids is 1. The molecule has 0 saturated heterocycles. The molecule has 0 aliphatic heterocycles. The van der Waals surface area contributed by atoms with Crippen molar-refractivity contribution in [3.8, 4) is 0 Å². The Bertz CT molecular complexity index is 399. The molecule has 0 fully saturated rings. The molecule has 100 valence electrons. The van der Waals surface area contributed by atoms with Gasteiger partial charge in [-0.3, -0.25) is 9.78 Å². The van der Waals surface area contributed by atoms with E-state index in [1.54, 1.807) is 12.1 Å². The van der Waals surface area contributed by atoms with E-state index >= 15 is 0 Å². The molecule has 4 nitrogen and oxygen atoms in total. The molecule has 0 saturated carbocycles. The molecule has 1 heterocycles. The molecule has 1 N–H and O–H groups in total. The van der Waals surface area contributed by atoms with Gasteiger partial charge in [0.15, 0.2) is 0 Å². The Morgan fingerprint density at radius 1 is 1.50 bits per heavy atom. The molecule has 0 spiro atoms. The lowest BCUT2D eigenvalue weighted by molar-refractivity contribution is 0.0929. The SMILES string of the molecule is CC(C)C(CNC(=O)c1cc(Cl)ccn1)N(C)C. The van der Waals surface area contributed by atoms with Gasteiger partial charge >= 0.3 is 0 Å². The van der Waals surface area contributed by atoms with Gasteiger partial charge in [0, 0.05) is 23.8 Å². The smallest absolute Gasteiger partial charge is 0.269 e. The first-order chi connectivity index (χ1) is 8.41. The minimum absolute atomic E-state index is 0.190. The second kappa shape index (κ2) is 6.71. The van der Waals surface area contributed by atoms with Crippen LogP contribution >= 0.6 is 11.6 Å². The highest BCUT2D eigenvalue weighted by molar-refractivity contribution is 6.30. The number of halogens is 1. The van der Waals surface area contributed by atoms with Crippen molar-refractivity contribution >= 4 is 17.5 Å². The van der Waals surface area contributed by atoms with E-state index in [-0.39, 0.29) is 5.91 Å². The van der Waals surface area contributed by atoms with Gasteiger partial charge in [-0.05, 0) is 32.1 Å². The standard InChI is InChI=1S/C13H20ClN3O/c1-9(2)12(17(3)4)8-16-13(18)11-7-10(14)5-6-15-11/h5-7,9,12H,8H2,1-4H3,(H,16,18). The molecule has 5 heteroatoms. The number of nitrogens with one attached hydrogen (secondary N) is 1. The molecule has 1 aromatic rings. The van der Waals surface area contributed by atoms with Gasteiger partial charge in [0.2, 0.25) is 0 Å². The molecule has 0 bridgehead atoms. The third-order valence-electron chi connectivity index (χ3n) is 2.86. The van der Waals surface area contributed by atoms with Gasteiger partial charge in [0.05, 0.1) is 0 Å². The van der Waals surface area contributed by atoms with Crippen molar-refractivity contribution in [3.63, 3.8) is 0 Å². The Kier molecular flexibility index (Phi) is 5.56. The average molecular weight is 270 g/mol. The van der Waals surface area contributed by atoms with E-state index in [2.05, 4.69) is 29.0 Å². The van der Waals surface area contributed by atoms with Crippen molar-refractivity contribution in [2.24, 2.45) is 5.92 Å². The summed E-state index contributed by atoms with van der Waals surface area (Å²) in [5, 5.41) is 3.40. The van der Waals surface area contributed by atoms with Crippen LogP contribution in [0.25, 0.3) is 0 Å². The fourth-order valence-corrected chi connectivity index (χ4v) is 1.99. The van der Waals surface area contributed by atoms with Crippen molar-refractivity contribution in [2.45, 2.75) is 19.9 Å². The van der Waals surface area contributed by atoms with Crippen molar-refractivity contribution < 1.29 is 4.79 Å². The quantitative estimate of drug-likeness (QED) is 0.890. The summed E-state index contributed by atoms with van der Waals surface area (Å²) in [4.78, 5) is 18.0. The molecule has 1 aromatic heterocycles. The molecular formula is C13H20ClN3O. The molecule has 0 radical (unpaired) electrons. The number of aromatic nitrogens is 1. The van der Waals surface area contributed by atoms with Crippen LogP contribution in [0.5, 0.6) is 0 Å². The molecular weight excluding hydrogens is 250 g/mol. The number of carbonyl (C=O) groups is 1. The number of likely N-dealkylation sites (N-methyl/N-ethyl adjacent to an activating group) is 1. The van der Waals surface area contributed by atoms with Gasteiger partial charge in [-0.2, -0.15) is 0 Å². The van der Waals surface area contributed by atoms with E-state index in [1.807, 2.05) is 14.1 Å². The van der Waals surface area contributed by atoms with E-state index in [9.17, 15) is 4.79 Å². The highest BCUT2D eigenvalue weighted by Crippen LogP contribution is 2.09. The summed E-state index contributed by atoms with van der Waals surface area (Å²) < 4.78 is 0. The van der Waals surface area contributed by atoms with E-state index in [1.165, 1.54) is 6.20 Å². The highest BCUT2D eigenvalue weighted by atomic mass is 35.5. The topological polar surface area (TPSA) is 45.2 Å². The monoisotopic (exact) mass is 269 g/mol. The van der Waals surface area contributed by atoms with Crippen molar-refractivity contribution in [1.82, 2.24) is 15.2 Å². The lowest BCUT2D eigenvalue weighted by atomic mass is 10.0. The molecule has 18 heavy (non-hydrogen) atoms. The molecule has 0 aliphatic rings. The normalized spacial score (nSPS) is 12.8. The Morgan fingerprint density at radius 2 is 2.17 bits per heavy atom. The molecule has 1 rings (SSSR count). The Labute approximate surface area is 113 Å². The van der Waals surface area contributed by atoms with Gasteiger partial charge in [-0.15, -0.1) is 0 Å². The van der Waals surface area contributed by atoms with Gasteiger partial charge in [0.25, 0.3) is 5.91 Å². The molecule has 1 unspecified atom stereocenters. The van der Waals surface area contributed by atoms with Crippen molar-refractivity contribution in [1.29, 1.82) is 0 Å². The summed E-state index contributed by atoms with van der Waals surface area (Å²) in [5.41, 5.74) is 0.351. The maximum absolute atomic E-state index is 11.9. The van der Waals surface area contributed by atoms with Crippen LogP contribution in [0, 0.1) is 5.92 Å². The second-order valence-electron chi connectivity index (χ2n) is 4.84. The minimum Gasteiger partial charge on any atom is -0.349 e. The zero-order valence-electron chi connectivity index (χ0n) is 11.3. The second-order valence-corrected chi connectivity index (χ2v) is 5.28. The van der Waals surface area contributed by atoms with Crippen LogP contribution in [0.3, 0.4) is 0 Å². The Hall–Kier alpha value is -1.13. The van der Waals surface area contributed by atoms with E-state index in [4.69, 9.17) is 11.6 Å². The third kappa shape index (κ3) is 4.27. The number of amides is 1. The third-order valence-corrected chi connectivity index (χ3v) is 3.09. The van der Waals surface area contributed by atoms with Crippen LogP contribution in [-0.2, 0) is 0 Å². The maximum Gasteiger partial charge on any atom is 0.269 e. The van der Waals surface area contributed by atoms with Gasteiger partial charge in [0.1, 0.15) is 5.69 Å². The Balaban J connectivity index is 2.60. The predicted octanol–water partition coefficient (Wildman–Crippen LogP) is 2.05. The van der Waals surface area contributed by atoms with E-state index < -0.39 is 0 Å². The largest absolute Gasteiger partial charge is 0.349 e. The minimum atomic E-state index is -0.190. The van der Waals surface area contributed by atoms with Crippen molar-refractivity contribution in [2.75, 3.05) is 20.6 Å². The summed E-state index contributed by atoms with van der Waals surface area (Å²) in [5.74, 6) is 0.276. The molecule has 1 amide bonds. The molecule has 1 atom stereocenters. The lowest BCUT2D eigenvalue weighted by Crippen LogP contribution is -2.43. The number of hydrogen-bond donors (Lipinski definition) is 1. The number of hydrogen-bond acceptors (Lipinski definition) is 3.